The molecule has 3 aromatic heterocycles. The molecule has 1 aliphatic heterocycles. The number of nitrogens with zero attached hydrogens (tertiary/aromatic N) is 3. The zero-order chi connectivity index (χ0) is 19.0. The number of rotatable bonds is 3. The monoisotopic (exact) mass is 383 g/mol. The van der Waals surface area contributed by atoms with E-state index >= 15 is 0 Å². The zero-order valence-corrected chi connectivity index (χ0v) is 16.2. The average Bonchev–Trinajstić information content (AvgIpc) is 3.31. The molecule has 3 aromatic rings. The summed E-state index contributed by atoms with van der Waals surface area (Å²) < 4.78 is 7.16. The highest BCUT2D eigenvalue weighted by molar-refractivity contribution is 7.12. The summed E-state index contributed by atoms with van der Waals surface area (Å²) in [7, 11) is 0. The van der Waals surface area contributed by atoms with Crippen LogP contribution in [0.2, 0.25) is 0 Å². The summed E-state index contributed by atoms with van der Waals surface area (Å²) in [6.07, 6.45) is 1.44. The normalized spacial score (nSPS) is 15.3. The second kappa shape index (κ2) is 7.15. The van der Waals surface area contributed by atoms with E-state index in [1.807, 2.05) is 42.3 Å². The summed E-state index contributed by atoms with van der Waals surface area (Å²) in [6, 6.07) is 8.98. The molecule has 0 radical (unpaired) electrons. The van der Waals surface area contributed by atoms with Gasteiger partial charge in [0.2, 0.25) is 0 Å². The van der Waals surface area contributed by atoms with Gasteiger partial charge >= 0.3 is 0 Å². The number of aryl methyl sites for hydroxylation is 2. The Morgan fingerprint density at radius 1 is 1.22 bits per heavy atom. The Hall–Kier alpha value is -2.67. The number of likely N-dealkylation sites (tertiary alicyclic amines) is 1. The second-order valence-corrected chi connectivity index (χ2v) is 7.78. The van der Waals surface area contributed by atoms with E-state index in [1.54, 1.807) is 16.8 Å². The molecular formula is C20H21N3O3S. The van der Waals surface area contributed by atoms with Crippen molar-refractivity contribution in [3.63, 3.8) is 0 Å². The van der Waals surface area contributed by atoms with Crippen LogP contribution >= 0.6 is 11.3 Å². The molecule has 0 bridgehead atoms. The molecule has 7 heteroatoms. The number of aromatic nitrogens is 2. The predicted molar refractivity (Wildman–Crippen MR) is 104 cm³/mol. The van der Waals surface area contributed by atoms with Gasteiger partial charge < -0.3 is 9.32 Å². The first kappa shape index (κ1) is 17.7. The van der Waals surface area contributed by atoms with E-state index in [1.165, 1.54) is 11.3 Å². The Labute approximate surface area is 161 Å². The van der Waals surface area contributed by atoms with E-state index in [2.05, 4.69) is 5.10 Å². The summed E-state index contributed by atoms with van der Waals surface area (Å²) in [5.41, 5.74) is 1.53. The molecule has 0 unspecified atom stereocenters. The minimum atomic E-state index is -0.111. The van der Waals surface area contributed by atoms with Crippen molar-refractivity contribution >= 4 is 17.2 Å². The number of amides is 1. The Kier molecular flexibility index (Phi) is 4.70. The highest BCUT2D eigenvalue weighted by Crippen LogP contribution is 2.26. The van der Waals surface area contributed by atoms with E-state index in [9.17, 15) is 9.59 Å². The maximum atomic E-state index is 12.5. The lowest BCUT2D eigenvalue weighted by atomic mass is 10.0. The van der Waals surface area contributed by atoms with Crippen LogP contribution in [0.3, 0.4) is 0 Å². The van der Waals surface area contributed by atoms with Crippen LogP contribution in [0, 0.1) is 13.8 Å². The largest absolute Gasteiger partial charge is 0.466 e. The lowest BCUT2D eigenvalue weighted by Crippen LogP contribution is -2.41. The molecule has 6 nitrogen and oxygen atoms in total. The minimum Gasteiger partial charge on any atom is -0.466 e. The smallest absolute Gasteiger partial charge is 0.267 e. The third-order valence-electron chi connectivity index (χ3n) is 4.97. The van der Waals surface area contributed by atoms with Crippen molar-refractivity contribution in [2.24, 2.45) is 0 Å². The molecule has 0 spiro atoms. The maximum Gasteiger partial charge on any atom is 0.267 e. The summed E-state index contributed by atoms with van der Waals surface area (Å²) in [6.45, 7) is 5.05. The number of furan rings is 1. The van der Waals surface area contributed by atoms with Gasteiger partial charge in [0.1, 0.15) is 11.5 Å². The van der Waals surface area contributed by atoms with Crippen LogP contribution in [-0.4, -0.2) is 33.7 Å². The van der Waals surface area contributed by atoms with Crippen molar-refractivity contribution in [2.75, 3.05) is 13.1 Å². The zero-order valence-electron chi connectivity index (χ0n) is 15.3. The predicted octanol–water partition coefficient (Wildman–Crippen LogP) is 3.66. The molecule has 0 aromatic carbocycles. The molecule has 4 heterocycles. The van der Waals surface area contributed by atoms with Gasteiger partial charge in [-0.1, -0.05) is 6.07 Å². The molecule has 0 atom stereocenters. The van der Waals surface area contributed by atoms with Gasteiger partial charge in [-0.2, -0.15) is 5.10 Å². The maximum absolute atomic E-state index is 12.5. The topological polar surface area (TPSA) is 68.3 Å². The van der Waals surface area contributed by atoms with Gasteiger partial charge in [0.05, 0.1) is 16.6 Å². The summed E-state index contributed by atoms with van der Waals surface area (Å²) in [4.78, 5) is 27.5. The molecule has 1 aliphatic rings. The van der Waals surface area contributed by atoms with Gasteiger partial charge in [0, 0.05) is 24.7 Å². The SMILES string of the molecule is Cc1cc(-c2ccc(=O)n(C3CCN(C(=O)c4cccs4)CC3)n2)c(C)o1. The van der Waals surface area contributed by atoms with E-state index < -0.39 is 0 Å². The summed E-state index contributed by atoms with van der Waals surface area (Å²) in [5.74, 6) is 1.69. The number of carbonyl (C=O) groups excluding carboxylic acids is 1. The highest BCUT2D eigenvalue weighted by Gasteiger charge is 2.26. The number of carbonyl (C=O) groups is 1. The molecule has 1 saturated heterocycles. The van der Waals surface area contributed by atoms with Crippen molar-refractivity contribution in [2.45, 2.75) is 32.7 Å². The van der Waals surface area contributed by atoms with Crippen LogP contribution in [0.1, 0.15) is 40.1 Å². The molecule has 0 aliphatic carbocycles. The van der Waals surface area contributed by atoms with Gasteiger partial charge in [-0.3, -0.25) is 9.59 Å². The number of hydrogen-bond acceptors (Lipinski definition) is 5. The van der Waals surface area contributed by atoms with Crippen LogP contribution in [0.5, 0.6) is 0 Å². The Morgan fingerprint density at radius 2 is 2.00 bits per heavy atom. The van der Waals surface area contributed by atoms with E-state index in [0.29, 0.717) is 13.1 Å². The van der Waals surface area contributed by atoms with Crippen LogP contribution in [-0.2, 0) is 0 Å². The highest BCUT2D eigenvalue weighted by atomic mass is 32.1. The lowest BCUT2D eigenvalue weighted by molar-refractivity contribution is 0.0693. The van der Waals surface area contributed by atoms with E-state index in [-0.39, 0.29) is 17.5 Å². The van der Waals surface area contributed by atoms with Gasteiger partial charge in [0.25, 0.3) is 11.5 Å². The molecule has 1 fully saturated rings. The fraction of sp³-hybridized carbons (Fsp3) is 0.350. The number of thiophene rings is 1. The molecule has 140 valence electrons. The van der Waals surface area contributed by atoms with Crippen molar-refractivity contribution in [1.82, 2.24) is 14.7 Å². The minimum absolute atomic E-state index is 0.00172. The standard InChI is InChI=1S/C20H21N3O3S/c1-13-12-16(14(2)26-13)17-5-6-19(24)23(21-17)15-7-9-22(10-8-15)20(25)18-4-3-11-27-18/h3-6,11-12,15H,7-10H2,1-2H3. The van der Waals surface area contributed by atoms with Gasteiger partial charge in [-0.25, -0.2) is 4.68 Å². The first-order valence-corrected chi connectivity index (χ1v) is 9.91. The number of hydrogen-bond donors (Lipinski definition) is 0. The molecule has 27 heavy (non-hydrogen) atoms. The average molecular weight is 383 g/mol. The van der Waals surface area contributed by atoms with Crippen molar-refractivity contribution in [3.05, 3.63) is 62.5 Å². The Balaban J connectivity index is 1.53. The third-order valence-corrected chi connectivity index (χ3v) is 5.83. The number of piperidine rings is 1. The van der Waals surface area contributed by atoms with Crippen LogP contribution in [0.15, 0.2) is 44.9 Å². The van der Waals surface area contributed by atoms with Gasteiger partial charge in [0.15, 0.2) is 0 Å². The fourth-order valence-electron chi connectivity index (χ4n) is 3.59. The van der Waals surface area contributed by atoms with Crippen LogP contribution in [0.4, 0.5) is 0 Å². The lowest BCUT2D eigenvalue weighted by Gasteiger charge is -2.32. The fourth-order valence-corrected chi connectivity index (χ4v) is 4.28. The quantitative estimate of drug-likeness (QED) is 0.692. The van der Waals surface area contributed by atoms with Gasteiger partial charge in [-0.15, -0.1) is 11.3 Å². The van der Waals surface area contributed by atoms with Crippen molar-refractivity contribution in [3.8, 4) is 11.3 Å². The molecule has 0 saturated carbocycles. The first-order valence-electron chi connectivity index (χ1n) is 9.03. The molecule has 1 amide bonds. The van der Waals surface area contributed by atoms with E-state index in [0.717, 1.165) is 40.5 Å². The van der Waals surface area contributed by atoms with E-state index in [4.69, 9.17) is 4.42 Å². The molecule has 0 N–H and O–H groups in total. The summed E-state index contributed by atoms with van der Waals surface area (Å²) >= 11 is 1.46. The Morgan fingerprint density at radius 3 is 2.63 bits per heavy atom. The molecular weight excluding hydrogens is 362 g/mol. The van der Waals surface area contributed by atoms with Crippen molar-refractivity contribution < 1.29 is 9.21 Å². The third kappa shape index (κ3) is 3.47. The van der Waals surface area contributed by atoms with Crippen LogP contribution < -0.4 is 5.56 Å². The Bertz CT molecular complexity index is 1010. The molecule has 4 rings (SSSR count). The first-order chi connectivity index (χ1) is 13.0. The van der Waals surface area contributed by atoms with Crippen LogP contribution in [0.25, 0.3) is 11.3 Å². The second-order valence-electron chi connectivity index (χ2n) is 6.83. The summed E-state index contributed by atoms with van der Waals surface area (Å²) in [5, 5.41) is 6.51. The van der Waals surface area contributed by atoms with Gasteiger partial charge in [-0.05, 0) is 50.3 Å². The van der Waals surface area contributed by atoms with Crippen molar-refractivity contribution in [1.29, 1.82) is 0 Å².